The van der Waals surface area contributed by atoms with Crippen LogP contribution in [0.5, 0.6) is 5.75 Å². The topological polar surface area (TPSA) is 38.5 Å². The lowest BCUT2D eigenvalue weighted by atomic mass is 10.1. The van der Waals surface area contributed by atoms with Crippen molar-refractivity contribution in [3.63, 3.8) is 0 Å². The van der Waals surface area contributed by atoms with E-state index >= 15 is 0 Å². The Balaban J connectivity index is 1.85. The van der Waals surface area contributed by atoms with Crippen molar-refractivity contribution < 1.29 is 4.74 Å². The lowest BCUT2D eigenvalue weighted by Crippen LogP contribution is -2.21. The summed E-state index contributed by atoms with van der Waals surface area (Å²) in [6.07, 6.45) is 3.59. The predicted octanol–water partition coefficient (Wildman–Crippen LogP) is 1.66. The van der Waals surface area contributed by atoms with Crippen LogP contribution in [0.1, 0.15) is 18.4 Å². The van der Waals surface area contributed by atoms with Crippen LogP contribution in [0.25, 0.3) is 0 Å². The second kappa shape index (κ2) is 6.03. The number of hydrogen-bond acceptors (Lipinski definition) is 3. The molecule has 0 aliphatic carbocycles. The fourth-order valence-corrected chi connectivity index (χ4v) is 2.22. The fraction of sp³-hybridized carbons (Fsp3) is 0.571. The average Bonchev–Trinajstić information content (AvgIpc) is 2.74. The second-order valence-corrected chi connectivity index (χ2v) is 4.83. The Morgan fingerprint density at radius 3 is 2.71 bits per heavy atom. The minimum absolute atomic E-state index is 0.356. The number of benzene rings is 1. The van der Waals surface area contributed by atoms with E-state index in [1.54, 1.807) is 0 Å². The normalized spacial score (nSPS) is 20.7. The highest BCUT2D eigenvalue weighted by atomic mass is 16.5. The Morgan fingerprint density at radius 2 is 2.12 bits per heavy atom. The zero-order valence-corrected chi connectivity index (χ0v) is 10.6. The van der Waals surface area contributed by atoms with Gasteiger partial charge in [0, 0.05) is 13.1 Å². The van der Waals surface area contributed by atoms with Crippen molar-refractivity contribution in [2.24, 2.45) is 5.73 Å². The quantitative estimate of drug-likeness (QED) is 0.842. The van der Waals surface area contributed by atoms with E-state index in [-0.39, 0.29) is 0 Å². The van der Waals surface area contributed by atoms with E-state index in [1.807, 2.05) is 0 Å². The van der Waals surface area contributed by atoms with Crippen molar-refractivity contribution in [3.8, 4) is 5.75 Å². The van der Waals surface area contributed by atoms with E-state index in [0.29, 0.717) is 6.10 Å². The smallest absolute Gasteiger partial charge is 0.119 e. The van der Waals surface area contributed by atoms with Crippen molar-refractivity contribution in [2.45, 2.75) is 25.4 Å². The van der Waals surface area contributed by atoms with E-state index in [0.717, 1.165) is 44.6 Å². The SMILES string of the molecule is CN1CCC(Oc2ccc(CCCN)cc2)C1. The van der Waals surface area contributed by atoms with Crippen LogP contribution in [0.2, 0.25) is 0 Å². The summed E-state index contributed by atoms with van der Waals surface area (Å²) in [5.41, 5.74) is 6.84. The van der Waals surface area contributed by atoms with Gasteiger partial charge in [-0.2, -0.15) is 0 Å². The first-order valence-electron chi connectivity index (χ1n) is 6.42. The summed E-state index contributed by atoms with van der Waals surface area (Å²) in [4.78, 5) is 2.31. The summed E-state index contributed by atoms with van der Waals surface area (Å²) >= 11 is 0. The van der Waals surface area contributed by atoms with E-state index in [2.05, 4.69) is 36.2 Å². The lowest BCUT2D eigenvalue weighted by molar-refractivity contribution is 0.208. The molecule has 17 heavy (non-hydrogen) atoms. The standard InChI is InChI=1S/C14H22N2O/c1-16-10-8-14(11-16)17-13-6-4-12(5-7-13)3-2-9-15/h4-7,14H,2-3,8-11,15H2,1H3. The third kappa shape index (κ3) is 3.72. The molecule has 0 spiro atoms. The number of rotatable bonds is 5. The lowest BCUT2D eigenvalue weighted by Gasteiger charge is -2.14. The minimum Gasteiger partial charge on any atom is -0.489 e. The maximum atomic E-state index is 5.94. The highest BCUT2D eigenvalue weighted by Crippen LogP contribution is 2.18. The van der Waals surface area contributed by atoms with Gasteiger partial charge >= 0.3 is 0 Å². The Bertz CT molecular complexity index is 337. The summed E-state index contributed by atoms with van der Waals surface area (Å²) in [5, 5.41) is 0. The number of ether oxygens (including phenoxy) is 1. The van der Waals surface area contributed by atoms with E-state index in [9.17, 15) is 0 Å². The maximum absolute atomic E-state index is 5.94. The average molecular weight is 234 g/mol. The summed E-state index contributed by atoms with van der Waals surface area (Å²) < 4.78 is 5.94. The Kier molecular flexibility index (Phi) is 4.40. The molecule has 0 radical (unpaired) electrons. The highest BCUT2D eigenvalue weighted by molar-refractivity contribution is 5.27. The zero-order valence-electron chi connectivity index (χ0n) is 10.6. The number of hydrogen-bond donors (Lipinski definition) is 1. The molecule has 0 bridgehead atoms. The summed E-state index contributed by atoms with van der Waals surface area (Å²) in [6.45, 7) is 2.93. The molecular formula is C14H22N2O. The molecule has 1 aliphatic rings. The summed E-state index contributed by atoms with van der Waals surface area (Å²) in [7, 11) is 2.14. The van der Waals surface area contributed by atoms with E-state index < -0.39 is 0 Å². The summed E-state index contributed by atoms with van der Waals surface area (Å²) in [5.74, 6) is 0.988. The van der Waals surface area contributed by atoms with Gasteiger partial charge in [-0.05, 0) is 50.6 Å². The van der Waals surface area contributed by atoms with Gasteiger partial charge < -0.3 is 15.4 Å². The molecule has 0 amide bonds. The summed E-state index contributed by atoms with van der Waals surface area (Å²) in [6, 6.07) is 8.43. The van der Waals surface area contributed by atoms with Crippen molar-refractivity contribution >= 4 is 0 Å². The molecular weight excluding hydrogens is 212 g/mol. The third-order valence-corrected chi connectivity index (χ3v) is 3.24. The van der Waals surface area contributed by atoms with Gasteiger partial charge in [-0.25, -0.2) is 0 Å². The fourth-order valence-electron chi connectivity index (χ4n) is 2.22. The Hall–Kier alpha value is -1.06. The number of nitrogens with zero attached hydrogens (tertiary/aromatic N) is 1. The number of likely N-dealkylation sites (N-methyl/N-ethyl adjacent to an activating group) is 1. The van der Waals surface area contributed by atoms with Gasteiger partial charge in [-0.1, -0.05) is 12.1 Å². The molecule has 0 aromatic heterocycles. The van der Waals surface area contributed by atoms with Gasteiger partial charge in [0.1, 0.15) is 11.9 Å². The molecule has 0 saturated carbocycles. The monoisotopic (exact) mass is 234 g/mol. The highest BCUT2D eigenvalue weighted by Gasteiger charge is 2.20. The molecule has 1 saturated heterocycles. The van der Waals surface area contributed by atoms with Gasteiger partial charge in [0.2, 0.25) is 0 Å². The molecule has 3 nitrogen and oxygen atoms in total. The number of aryl methyl sites for hydroxylation is 1. The Labute approximate surface area is 104 Å². The van der Waals surface area contributed by atoms with Gasteiger partial charge in [0.05, 0.1) is 0 Å². The van der Waals surface area contributed by atoms with Crippen LogP contribution in [0.3, 0.4) is 0 Å². The first kappa shape index (κ1) is 12.4. The number of likely N-dealkylation sites (tertiary alicyclic amines) is 1. The van der Waals surface area contributed by atoms with Crippen molar-refractivity contribution in [2.75, 3.05) is 26.7 Å². The molecule has 1 fully saturated rings. The molecule has 1 aromatic carbocycles. The van der Waals surface area contributed by atoms with Crippen LogP contribution in [0.15, 0.2) is 24.3 Å². The predicted molar refractivity (Wildman–Crippen MR) is 70.3 cm³/mol. The molecule has 2 rings (SSSR count). The van der Waals surface area contributed by atoms with Crippen LogP contribution >= 0.6 is 0 Å². The van der Waals surface area contributed by atoms with Crippen LogP contribution in [-0.4, -0.2) is 37.7 Å². The molecule has 2 N–H and O–H groups in total. The van der Waals surface area contributed by atoms with Gasteiger partial charge in [-0.15, -0.1) is 0 Å². The zero-order chi connectivity index (χ0) is 12.1. The van der Waals surface area contributed by atoms with Crippen molar-refractivity contribution in [1.29, 1.82) is 0 Å². The van der Waals surface area contributed by atoms with Crippen molar-refractivity contribution in [1.82, 2.24) is 4.90 Å². The van der Waals surface area contributed by atoms with Crippen molar-refractivity contribution in [3.05, 3.63) is 29.8 Å². The van der Waals surface area contributed by atoms with Crippen LogP contribution in [0, 0.1) is 0 Å². The van der Waals surface area contributed by atoms with Crippen LogP contribution < -0.4 is 10.5 Å². The molecule has 94 valence electrons. The first-order chi connectivity index (χ1) is 8.28. The van der Waals surface area contributed by atoms with Gasteiger partial charge in [0.25, 0.3) is 0 Å². The van der Waals surface area contributed by atoms with Crippen LogP contribution in [0.4, 0.5) is 0 Å². The van der Waals surface area contributed by atoms with Gasteiger partial charge in [-0.3, -0.25) is 0 Å². The molecule has 1 atom stereocenters. The molecule has 1 heterocycles. The second-order valence-electron chi connectivity index (χ2n) is 4.83. The van der Waals surface area contributed by atoms with E-state index in [4.69, 9.17) is 10.5 Å². The molecule has 3 heteroatoms. The largest absolute Gasteiger partial charge is 0.489 e. The molecule has 1 aliphatic heterocycles. The van der Waals surface area contributed by atoms with E-state index in [1.165, 1.54) is 5.56 Å². The van der Waals surface area contributed by atoms with Crippen LogP contribution in [-0.2, 0) is 6.42 Å². The first-order valence-corrected chi connectivity index (χ1v) is 6.42. The maximum Gasteiger partial charge on any atom is 0.119 e. The molecule has 1 unspecified atom stereocenters. The van der Waals surface area contributed by atoms with Gasteiger partial charge in [0.15, 0.2) is 0 Å². The third-order valence-electron chi connectivity index (χ3n) is 3.24. The molecule has 1 aromatic rings. The Morgan fingerprint density at radius 1 is 1.35 bits per heavy atom. The number of nitrogens with two attached hydrogens (primary N) is 1. The minimum atomic E-state index is 0.356.